The van der Waals surface area contributed by atoms with Gasteiger partial charge in [0.2, 0.25) is 11.1 Å². The first-order chi connectivity index (χ1) is 21.0. The molecule has 16 nitrogen and oxygen atoms in total. The van der Waals surface area contributed by atoms with Crippen molar-refractivity contribution in [2.24, 2.45) is 20.4 Å². The van der Waals surface area contributed by atoms with Crippen LogP contribution in [0, 0.1) is 0 Å². The predicted molar refractivity (Wildman–Crippen MR) is 158 cm³/mol. The molecular weight excluding hydrogens is 833 g/mol. The molecule has 0 aliphatic heterocycles. The topological polar surface area (TPSA) is 265 Å². The Morgan fingerprint density at radius 3 is 2.10 bits per heavy atom. The Bertz CT molecular complexity index is 2120. The smallest absolute Gasteiger partial charge is 0.870 e. The molecule has 0 bridgehead atoms. The van der Waals surface area contributed by atoms with Crippen LogP contribution in [-0.2, 0) is 37.3 Å². The second kappa shape index (κ2) is 20.4. The number of azo groups is 1. The standard InChI is InChI=1S/C24H16Cl3N7O9S2.Cu.3Na/c25-18-20(26)29-24(27)30-22(18)28-16-9-13(45(41,42)43)10-17(19(16)35)32-34-21(11-4-2-1-3-5-11)33-31-15-7-6-12(44(38,39)40)8-14(15)23(36)37;;;;/h1-10,35-37H,(H,28,29,30)(H,38,39,40)(H,41,42,43);;;;/q;+2;3*+1/p-3/b31-15+,33-21-,34-32?;;;;. The van der Waals surface area contributed by atoms with E-state index in [2.05, 4.69) is 35.7 Å². The molecular formula is C24H13Cl3CuN7Na3O9S2+2. The summed E-state index contributed by atoms with van der Waals surface area (Å²) in [5, 5.41) is 49.3. The molecule has 1 heterocycles. The van der Waals surface area contributed by atoms with Gasteiger partial charge in [-0.25, -0.2) is 21.8 Å². The molecule has 0 atom stereocenters. The number of nitrogens with zero attached hydrogens (tertiary/aromatic N) is 6. The maximum absolute atomic E-state index is 13.2. The molecule has 243 valence electrons. The van der Waals surface area contributed by atoms with Crippen molar-refractivity contribution in [2.75, 3.05) is 5.32 Å². The fourth-order valence-electron chi connectivity index (χ4n) is 3.37. The normalized spacial score (nSPS) is 13.8. The summed E-state index contributed by atoms with van der Waals surface area (Å²) in [4.78, 5) is 5.73. The maximum Gasteiger partial charge on any atom is 2.00 e. The molecule has 25 heteroatoms. The number of allylic oxidation sites excluding steroid dienone is 4. The van der Waals surface area contributed by atoms with Crippen LogP contribution < -0.4 is 99.1 Å². The summed E-state index contributed by atoms with van der Waals surface area (Å²) >= 11 is 17.7. The molecule has 0 fully saturated rings. The first kappa shape index (κ1) is 48.1. The van der Waals surface area contributed by atoms with Crippen LogP contribution >= 0.6 is 34.8 Å². The minimum absolute atomic E-state index is 0. The van der Waals surface area contributed by atoms with E-state index in [4.69, 9.17) is 34.8 Å². The maximum atomic E-state index is 13.2. The summed E-state index contributed by atoms with van der Waals surface area (Å²) in [5.41, 5.74) is -1.87. The summed E-state index contributed by atoms with van der Waals surface area (Å²) in [6.45, 7) is 0. The van der Waals surface area contributed by atoms with E-state index in [-0.39, 0.29) is 144 Å². The first-order valence-electron chi connectivity index (χ1n) is 11.6. The van der Waals surface area contributed by atoms with Crippen molar-refractivity contribution in [2.45, 2.75) is 4.90 Å². The van der Waals surface area contributed by atoms with Crippen LogP contribution in [0.2, 0.25) is 15.5 Å². The van der Waals surface area contributed by atoms with Crippen molar-refractivity contribution < 1.29 is 147 Å². The van der Waals surface area contributed by atoms with Crippen molar-refractivity contribution in [3.05, 3.63) is 98.1 Å². The molecule has 49 heavy (non-hydrogen) atoms. The second-order valence-corrected chi connectivity index (χ2v) is 12.2. The van der Waals surface area contributed by atoms with E-state index in [1.54, 1.807) is 18.2 Å². The van der Waals surface area contributed by atoms with E-state index >= 15 is 0 Å². The third-order valence-electron chi connectivity index (χ3n) is 5.40. The van der Waals surface area contributed by atoms with Gasteiger partial charge in [-0.2, -0.15) is 4.98 Å². The molecule has 0 saturated heterocycles. The molecule has 0 amide bonds. The fraction of sp³-hybridized carbons (Fsp3) is 0. The Kier molecular flexibility index (Phi) is 20.0. The van der Waals surface area contributed by atoms with Crippen molar-refractivity contribution in [3.8, 4) is 5.75 Å². The van der Waals surface area contributed by atoms with E-state index in [0.29, 0.717) is 18.2 Å². The second-order valence-electron chi connectivity index (χ2n) is 8.39. The van der Waals surface area contributed by atoms with Crippen LogP contribution in [0.1, 0.15) is 5.56 Å². The average Bonchev–Trinajstić information content (AvgIpc) is 2.96. The quantitative estimate of drug-likeness (QED) is 0.0234. The predicted octanol–water partition coefficient (Wildman–Crippen LogP) is -4.62. The first-order valence-corrected chi connectivity index (χ1v) is 15.6. The van der Waals surface area contributed by atoms with Crippen LogP contribution in [0.3, 0.4) is 0 Å². The van der Waals surface area contributed by atoms with Gasteiger partial charge in [0, 0.05) is 11.3 Å². The van der Waals surface area contributed by atoms with Crippen molar-refractivity contribution >= 4 is 83.8 Å². The van der Waals surface area contributed by atoms with Crippen LogP contribution in [0.25, 0.3) is 0 Å². The van der Waals surface area contributed by atoms with E-state index < -0.39 is 58.7 Å². The number of aromatic nitrogens is 2. The molecule has 0 spiro atoms. The Morgan fingerprint density at radius 1 is 0.898 bits per heavy atom. The van der Waals surface area contributed by atoms with Gasteiger partial charge in [-0.3, -0.25) is 0 Å². The van der Waals surface area contributed by atoms with Gasteiger partial charge in [0.15, 0.2) is 11.0 Å². The van der Waals surface area contributed by atoms with Crippen LogP contribution in [0.5, 0.6) is 5.75 Å². The number of benzene rings is 2. The number of amidine groups is 1. The third-order valence-corrected chi connectivity index (χ3v) is 7.94. The van der Waals surface area contributed by atoms with Gasteiger partial charge in [0.05, 0.1) is 21.1 Å². The van der Waals surface area contributed by atoms with Crippen LogP contribution in [0.4, 0.5) is 17.2 Å². The molecule has 4 rings (SSSR count). The number of rotatable bonds is 7. The number of nitrogens with one attached hydrogen (secondary N) is 1. The van der Waals surface area contributed by atoms with Gasteiger partial charge >= 0.3 is 106 Å². The van der Waals surface area contributed by atoms with Crippen molar-refractivity contribution in [1.82, 2.24) is 9.97 Å². The zero-order chi connectivity index (χ0) is 33.1. The van der Waals surface area contributed by atoms with Gasteiger partial charge in [0.1, 0.15) is 31.0 Å². The largest absolute Gasteiger partial charge is 2.00 e. The number of hydrogen-bond acceptors (Lipinski definition) is 15. The zero-order valence-corrected chi connectivity index (χ0v) is 35.8. The van der Waals surface area contributed by atoms with Gasteiger partial charge in [-0.15, -0.1) is 20.4 Å². The number of hydrogen-bond donors (Lipinski definition) is 3. The van der Waals surface area contributed by atoms with Crippen LogP contribution in [0.15, 0.2) is 102 Å². The van der Waals surface area contributed by atoms with Gasteiger partial charge in [-0.1, -0.05) is 59.3 Å². The third kappa shape index (κ3) is 12.9. The molecule has 1 radical (unpaired) electrons. The van der Waals surface area contributed by atoms with Gasteiger partial charge < -0.3 is 29.7 Å². The fourth-order valence-corrected chi connectivity index (χ4v) is 4.89. The minimum atomic E-state index is -5.16. The average molecular weight is 846 g/mol. The molecule has 1 aliphatic carbocycles. The molecule has 2 aromatic carbocycles. The van der Waals surface area contributed by atoms with E-state index in [0.717, 1.165) is 12.2 Å². The summed E-state index contributed by atoms with van der Waals surface area (Å²) in [7, 11) is -10.1. The van der Waals surface area contributed by atoms with E-state index in [1.807, 2.05) is 0 Å². The Labute approximate surface area is 370 Å². The zero-order valence-electron chi connectivity index (χ0n) is 25.0. The molecule has 0 saturated carbocycles. The number of aliphatic hydroxyl groups is 2. The van der Waals surface area contributed by atoms with Crippen molar-refractivity contribution in [1.29, 1.82) is 0 Å². The van der Waals surface area contributed by atoms with Crippen molar-refractivity contribution in [3.63, 3.8) is 0 Å². The van der Waals surface area contributed by atoms with Crippen LogP contribution in [-0.4, -0.2) is 57.7 Å². The Hall–Kier alpha value is -0.911. The molecule has 1 aromatic heterocycles. The number of aliphatic hydroxyl groups excluding tert-OH is 1. The summed E-state index contributed by atoms with van der Waals surface area (Å²) in [6.07, 6.45) is 2.47. The molecule has 3 aromatic rings. The summed E-state index contributed by atoms with van der Waals surface area (Å²) in [5.74, 6) is -3.01. The Balaban J connectivity index is 0.00000576. The van der Waals surface area contributed by atoms with Gasteiger partial charge in [-0.05, 0) is 42.0 Å². The Morgan fingerprint density at radius 2 is 1.53 bits per heavy atom. The number of halogens is 3. The summed E-state index contributed by atoms with van der Waals surface area (Å²) < 4.78 is 69.7. The molecule has 3 N–H and O–H groups in total. The summed E-state index contributed by atoms with van der Waals surface area (Å²) in [6, 6.07) is 9.12. The van der Waals surface area contributed by atoms with Gasteiger partial charge in [0.25, 0.3) is 5.95 Å². The molecule has 0 unspecified atom stereocenters. The monoisotopic (exact) mass is 844 g/mol. The van der Waals surface area contributed by atoms with E-state index in [1.165, 1.54) is 12.1 Å². The SMILES string of the molecule is O=S(=O)([O-])C1=CC(=C(O)O)/C(=N/N=C(\N=Nc2cc(S(=O)(=O)[O-])cc(Nc3nc(Cl)nc(Cl)c3Cl)c2[O-])c2ccccc2)C=C1.[Cu+2].[Na+].[Na+].[Na+]. The number of anilines is 2. The minimum Gasteiger partial charge on any atom is -0.870 e. The van der Waals surface area contributed by atoms with E-state index in [9.17, 15) is 41.3 Å². The molecule has 1 aliphatic rings.